The summed E-state index contributed by atoms with van der Waals surface area (Å²) in [5.41, 5.74) is 0.199. The van der Waals surface area contributed by atoms with Gasteiger partial charge in [0.2, 0.25) is 0 Å². The maximum absolute atomic E-state index is 11.1. The van der Waals surface area contributed by atoms with E-state index in [1.807, 2.05) is 0 Å². The quantitative estimate of drug-likeness (QED) is 0.679. The largest absolute Gasteiger partial charge is 0.478 e. The van der Waals surface area contributed by atoms with Crippen molar-refractivity contribution in [3.05, 3.63) is 57.8 Å². The van der Waals surface area contributed by atoms with E-state index in [4.69, 9.17) is 9.84 Å². The third-order valence-corrected chi connectivity index (χ3v) is 2.49. The van der Waals surface area contributed by atoms with Crippen LogP contribution < -0.4 is 4.74 Å². The molecule has 0 radical (unpaired) electrons. The maximum atomic E-state index is 11.1. The molecule has 1 aromatic heterocycles. The van der Waals surface area contributed by atoms with Crippen LogP contribution in [0.15, 0.2) is 36.5 Å². The third kappa shape index (κ3) is 2.72. The molecule has 0 amide bonds. The van der Waals surface area contributed by atoms with Crippen molar-refractivity contribution in [3.63, 3.8) is 0 Å². The van der Waals surface area contributed by atoms with Gasteiger partial charge in [0, 0.05) is 12.3 Å². The smallest absolute Gasteiger partial charge is 0.339 e. The number of carbonyl (C=O) groups is 1. The summed E-state index contributed by atoms with van der Waals surface area (Å²) in [6.45, 7) is 1.66. The molecule has 1 heterocycles. The predicted molar refractivity (Wildman–Crippen MR) is 69.1 cm³/mol. The summed E-state index contributed by atoms with van der Waals surface area (Å²) in [5, 5.41) is 20.0. The van der Waals surface area contributed by atoms with Crippen LogP contribution in [0, 0.1) is 17.0 Å². The van der Waals surface area contributed by atoms with Crippen molar-refractivity contribution in [1.29, 1.82) is 0 Å². The lowest BCUT2D eigenvalue weighted by Gasteiger charge is -2.08. The van der Waals surface area contributed by atoms with Gasteiger partial charge in [-0.1, -0.05) is 12.1 Å². The summed E-state index contributed by atoms with van der Waals surface area (Å²) in [6, 6.07) is 7.17. The van der Waals surface area contributed by atoms with E-state index in [1.165, 1.54) is 30.5 Å². The molecule has 7 heteroatoms. The number of hydrogen-bond acceptors (Lipinski definition) is 5. The van der Waals surface area contributed by atoms with Crippen LogP contribution in [-0.4, -0.2) is 21.0 Å². The number of hydrogen-bond donors (Lipinski definition) is 1. The number of aryl methyl sites for hydroxylation is 1. The highest BCUT2D eigenvalue weighted by Gasteiger charge is 2.20. The molecule has 0 unspecified atom stereocenters. The molecule has 7 nitrogen and oxygen atoms in total. The molecular formula is C13H10N2O5. The molecule has 0 bridgehead atoms. The molecule has 0 atom stereocenters. The molecule has 0 spiro atoms. The standard InChI is InChI=1S/C13H10N2O5/c1-8-6-10(15(18)19)12(14-7-8)20-11-5-3-2-4-9(11)13(16)17/h2-7H,1H3,(H,16,17). The number of pyridine rings is 1. The molecule has 0 aliphatic heterocycles. The van der Waals surface area contributed by atoms with E-state index in [9.17, 15) is 14.9 Å². The molecule has 102 valence electrons. The zero-order valence-electron chi connectivity index (χ0n) is 10.4. The van der Waals surface area contributed by atoms with Gasteiger partial charge in [-0.05, 0) is 24.6 Å². The van der Waals surface area contributed by atoms with Gasteiger partial charge >= 0.3 is 11.7 Å². The van der Waals surface area contributed by atoms with Crippen molar-refractivity contribution in [3.8, 4) is 11.6 Å². The first-order valence-electron chi connectivity index (χ1n) is 5.60. The van der Waals surface area contributed by atoms with Crippen molar-refractivity contribution < 1.29 is 19.6 Å². The number of aromatic nitrogens is 1. The molecule has 1 aromatic carbocycles. The van der Waals surface area contributed by atoms with Crippen LogP contribution in [0.2, 0.25) is 0 Å². The summed E-state index contributed by atoms with van der Waals surface area (Å²) < 4.78 is 5.28. The molecule has 2 aromatic rings. The Morgan fingerprint density at radius 2 is 2.10 bits per heavy atom. The number of ether oxygens (including phenoxy) is 1. The first-order chi connectivity index (χ1) is 9.49. The summed E-state index contributed by atoms with van der Waals surface area (Å²) in [6.07, 6.45) is 1.41. The van der Waals surface area contributed by atoms with Crippen LogP contribution in [0.25, 0.3) is 0 Å². The molecule has 1 N–H and O–H groups in total. The lowest BCUT2D eigenvalue weighted by Crippen LogP contribution is -2.02. The molecule has 20 heavy (non-hydrogen) atoms. The van der Waals surface area contributed by atoms with E-state index in [2.05, 4.69) is 4.98 Å². The fraction of sp³-hybridized carbons (Fsp3) is 0.0769. The Labute approximate surface area is 113 Å². The van der Waals surface area contributed by atoms with Gasteiger partial charge in [-0.25, -0.2) is 9.78 Å². The highest BCUT2D eigenvalue weighted by molar-refractivity contribution is 5.90. The lowest BCUT2D eigenvalue weighted by molar-refractivity contribution is -0.386. The summed E-state index contributed by atoms with van der Waals surface area (Å²) in [5.74, 6) is -1.43. The van der Waals surface area contributed by atoms with Crippen molar-refractivity contribution >= 4 is 11.7 Å². The summed E-state index contributed by atoms with van der Waals surface area (Å²) >= 11 is 0. The van der Waals surface area contributed by atoms with Crippen molar-refractivity contribution in [2.24, 2.45) is 0 Å². The summed E-state index contributed by atoms with van der Waals surface area (Å²) in [7, 11) is 0. The van der Waals surface area contributed by atoms with E-state index in [-0.39, 0.29) is 22.9 Å². The average Bonchev–Trinajstić information content (AvgIpc) is 2.41. The fourth-order valence-corrected chi connectivity index (χ4v) is 1.59. The van der Waals surface area contributed by atoms with Gasteiger partial charge in [-0.3, -0.25) is 10.1 Å². The normalized spacial score (nSPS) is 10.1. The Morgan fingerprint density at radius 3 is 2.75 bits per heavy atom. The van der Waals surface area contributed by atoms with Gasteiger partial charge < -0.3 is 9.84 Å². The molecule has 0 fully saturated rings. The third-order valence-electron chi connectivity index (χ3n) is 2.49. The Kier molecular flexibility index (Phi) is 3.60. The second-order valence-electron chi connectivity index (χ2n) is 4.00. The van der Waals surface area contributed by atoms with Crippen molar-refractivity contribution in [2.45, 2.75) is 6.92 Å². The molecule has 0 aliphatic rings. The number of carboxylic acids is 1. The molecule has 0 saturated heterocycles. The van der Waals surface area contributed by atoms with Crippen LogP contribution in [0.3, 0.4) is 0 Å². The van der Waals surface area contributed by atoms with Crippen LogP contribution in [0.4, 0.5) is 5.69 Å². The van der Waals surface area contributed by atoms with Crippen LogP contribution in [0.5, 0.6) is 11.6 Å². The van der Waals surface area contributed by atoms with Gasteiger partial charge in [0.1, 0.15) is 11.3 Å². The average molecular weight is 274 g/mol. The minimum atomic E-state index is -1.18. The number of nitro groups is 1. The van der Waals surface area contributed by atoms with E-state index in [0.29, 0.717) is 5.56 Å². The summed E-state index contributed by atoms with van der Waals surface area (Å²) in [4.78, 5) is 25.2. The number of carboxylic acid groups (broad SMARTS) is 1. The number of benzene rings is 1. The zero-order valence-corrected chi connectivity index (χ0v) is 10.4. The Balaban J connectivity index is 2.45. The zero-order chi connectivity index (χ0) is 14.7. The second kappa shape index (κ2) is 5.35. The minimum absolute atomic E-state index is 0.000506. The van der Waals surface area contributed by atoms with Crippen LogP contribution in [0.1, 0.15) is 15.9 Å². The number of aromatic carboxylic acids is 1. The fourth-order valence-electron chi connectivity index (χ4n) is 1.59. The molecule has 0 aliphatic carbocycles. The first kappa shape index (κ1) is 13.5. The highest BCUT2D eigenvalue weighted by Crippen LogP contribution is 2.31. The maximum Gasteiger partial charge on any atom is 0.339 e. The van der Waals surface area contributed by atoms with Crippen molar-refractivity contribution in [2.75, 3.05) is 0 Å². The van der Waals surface area contributed by atoms with Crippen molar-refractivity contribution in [1.82, 2.24) is 4.98 Å². The number of para-hydroxylation sites is 1. The molecular weight excluding hydrogens is 264 g/mol. The van der Waals surface area contributed by atoms with E-state index in [1.54, 1.807) is 13.0 Å². The van der Waals surface area contributed by atoms with E-state index >= 15 is 0 Å². The lowest BCUT2D eigenvalue weighted by atomic mass is 10.2. The van der Waals surface area contributed by atoms with Gasteiger partial charge in [-0.2, -0.15) is 0 Å². The minimum Gasteiger partial charge on any atom is -0.478 e. The topological polar surface area (TPSA) is 103 Å². The Bertz CT molecular complexity index is 684. The molecule has 0 saturated carbocycles. The van der Waals surface area contributed by atoms with Gasteiger partial charge in [0.15, 0.2) is 0 Å². The van der Waals surface area contributed by atoms with E-state index in [0.717, 1.165) is 0 Å². The Morgan fingerprint density at radius 1 is 1.40 bits per heavy atom. The van der Waals surface area contributed by atoms with Gasteiger partial charge in [0.05, 0.1) is 4.92 Å². The monoisotopic (exact) mass is 274 g/mol. The van der Waals surface area contributed by atoms with Gasteiger partial charge in [0.25, 0.3) is 5.88 Å². The SMILES string of the molecule is Cc1cnc(Oc2ccccc2C(=O)O)c([N+](=O)[O-])c1. The predicted octanol–water partition coefficient (Wildman–Crippen LogP) is 2.79. The van der Waals surface area contributed by atoms with E-state index < -0.39 is 10.9 Å². The highest BCUT2D eigenvalue weighted by atomic mass is 16.6. The van der Waals surface area contributed by atoms with Gasteiger partial charge in [-0.15, -0.1) is 0 Å². The van der Waals surface area contributed by atoms with Crippen LogP contribution in [-0.2, 0) is 0 Å². The first-order valence-corrected chi connectivity index (χ1v) is 5.60. The number of rotatable bonds is 4. The van der Waals surface area contributed by atoms with Crippen LogP contribution >= 0.6 is 0 Å². The Hall–Kier alpha value is -2.96. The molecule has 2 rings (SSSR count). The second-order valence-corrected chi connectivity index (χ2v) is 4.00. The number of nitrogens with zero attached hydrogens (tertiary/aromatic N) is 2.